The van der Waals surface area contributed by atoms with Crippen molar-refractivity contribution in [2.75, 3.05) is 0 Å². The zero-order chi connectivity index (χ0) is 18.0. The summed E-state index contributed by atoms with van der Waals surface area (Å²) < 4.78 is 6.08. The van der Waals surface area contributed by atoms with Crippen LogP contribution >= 0.6 is 0 Å². The molecule has 0 aliphatic carbocycles. The Hall–Kier alpha value is -0.570. The molecule has 24 heavy (non-hydrogen) atoms. The van der Waals surface area contributed by atoms with Gasteiger partial charge < -0.3 is 9.84 Å². The average molecular weight is 343 g/mol. The fourth-order valence-electron chi connectivity index (χ4n) is 3.17. The van der Waals surface area contributed by atoms with Crippen LogP contribution in [0, 0.1) is 0 Å². The van der Waals surface area contributed by atoms with E-state index in [0.717, 1.165) is 25.7 Å². The predicted octanol–water partition coefficient (Wildman–Crippen LogP) is 6.74. The fraction of sp³-hybridized carbons (Fsp3) is 0.952. The van der Waals surface area contributed by atoms with Gasteiger partial charge in [-0.15, -0.1) is 0 Å². The number of aliphatic carboxylic acids is 1. The van der Waals surface area contributed by atoms with Gasteiger partial charge in [0.25, 0.3) is 0 Å². The van der Waals surface area contributed by atoms with E-state index < -0.39 is 5.97 Å². The van der Waals surface area contributed by atoms with Crippen LogP contribution in [0.25, 0.3) is 0 Å². The second kappa shape index (κ2) is 17.3. The lowest BCUT2D eigenvalue weighted by Gasteiger charge is -2.20. The van der Waals surface area contributed by atoms with Crippen molar-refractivity contribution < 1.29 is 14.6 Å². The highest BCUT2D eigenvalue weighted by atomic mass is 16.5. The number of unbranched alkanes of at least 4 members (excludes halogenated alkanes) is 10. The summed E-state index contributed by atoms with van der Waals surface area (Å²) in [6, 6.07) is 0. The summed E-state index contributed by atoms with van der Waals surface area (Å²) in [5.41, 5.74) is 0. The molecule has 0 aromatic heterocycles. The molecule has 0 spiro atoms. The van der Waals surface area contributed by atoms with Crippen LogP contribution in [0.15, 0.2) is 0 Å². The maximum atomic E-state index is 10.5. The zero-order valence-corrected chi connectivity index (χ0v) is 16.5. The van der Waals surface area contributed by atoms with E-state index >= 15 is 0 Å². The third-order valence-corrected chi connectivity index (χ3v) is 4.51. The quantitative estimate of drug-likeness (QED) is 0.281. The second-order valence-electron chi connectivity index (χ2n) is 7.42. The molecular weight excluding hydrogens is 300 g/mol. The molecule has 3 nitrogen and oxygen atoms in total. The molecule has 0 heterocycles. The Labute approximate surface area is 150 Å². The van der Waals surface area contributed by atoms with Crippen molar-refractivity contribution in [3.05, 3.63) is 0 Å². The van der Waals surface area contributed by atoms with Crippen molar-refractivity contribution in [3.8, 4) is 0 Å². The third kappa shape index (κ3) is 17.8. The molecule has 0 saturated heterocycles. The van der Waals surface area contributed by atoms with E-state index in [4.69, 9.17) is 9.84 Å². The number of hydrogen-bond donors (Lipinski definition) is 1. The van der Waals surface area contributed by atoms with E-state index in [-0.39, 0.29) is 0 Å². The lowest BCUT2D eigenvalue weighted by atomic mass is 10.0. The normalized spacial score (nSPS) is 12.7. The first-order valence-electron chi connectivity index (χ1n) is 10.4. The zero-order valence-electron chi connectivity index (χ0n) is 16.5. The van der Waals surface area contributed by atoms with Crippen LogP contribution in [-0.2, 0) is 9.53 Å². The first-order valence-corrected chi connectivity index (χ1v) is 10.4. The molecule has 1 atom stereocenters. The summed E-state index contributed by atoms with van der Waals surface area (Å²) in [6.45, 7) is 6.52. The van der Waals surface area contributed by atoms with E-state index in [9.17, 15) is 4.79 Å². The van der Waals surface area contributed by atoms with Crippen LogP contribution in [-0.4, -0.2) is 23.3 Å². The van der Waals surface area contributed by atoms with Gasteiger partial charge in [-0.2, -0.15) is 0 Å². The molecule has 0 radical (unpaired) electrons. The molecule has 144 valence electrons. The van der Waals surface area contributed by atoms with Crippen molar-refractivity contribution in [1.29, 1.82) is 0 Å². The fourth-order valence-corrected chi connectivity index (χ4v) is 3.17. The Balaban J connectivity index is 3.64. The smallest absolute Gasteiger partial charge is 0.303 e. The SMILES string of the molecule is CCCCCCCCCC(CCCCCCCC(=O)O)OC(C)C. The molecule has 0 aromatic carbocycles. The van der Waals surface area contributed by atoms with Crippen LogP contribution in [0.4, 0.5) is 0 Å². The van der Waals surface area contributed by atoms with Gasteiger partial charge in [0.1, 0.15) is 0 Å². The van der Waals surface area contributed by atoms with Gasteiger partial charge in [0.15, 0.2) is 0 Å². The number of hydrogen-bond acceptors (Lipinski definition) is 2. The van der Waals surface area contributed by atoms with Crippen LogP contribution in [0.3, 0.4) is 0 Å². The Morgan fingerprint density at radius 3 is 1.71 bits per heavy atom. The molecule has 0 bridgehead atoms. The molecule has 0 saturated carbocycles. The van der Waals surface area contributed by atoms with Crippen molar-refractivity contribution in [2.24, 2.45) is 0 Å². The Morgan fingerprint density at radius 1 is 0.792 bits per heavy atom. The van der Waals surface area contributed by atoms with E-state index in [1.165, 1.54) is 64.2 Å². The molecule has 3 heteroatoms. The minimum absolute atomic E-state index is 0.315. The maximum absolute atomic E-state index is 10.5. The predicted molar refractivity (Wildman–Crippen MR) is 103 cm³/mol. The molecule has 0 fully saturated rings. The molecule has 1 N–H and O–H groups in total. The molecule has 0 aliphatic heterocycles. The molecular formula is C21H42O3. The summed E-state index contributed by atoms with van der Waals surface area (Å²) in [6.07, 6.45) is 18.3. The first kappa shape index (κ1) is 23.4. The standard InChI is InChI=1S/C21H42O3/c1-4-5-6-7-8-10-13-16-20(24-19(2)3)17-14-11-9-12-15-18-21(22)23/h19-20H,4-18H2,1-3H3,(H,22,23). The van der Waals surface area contributed by atoms with Crippen molar-refractivity contribution in [2.45, 2.75) is 129 Å². The summed E-state index contributed by atoms with van der Waals surface area (Å²) in [4.78, 5) is 10.5. The van der Waals surface area contributed by atoms with E-state index in [1.807, 2.05) is 0 Å². The molecule has 0 aliphatic rings. The highest BCUT2D eigenvalue weighted by molar-refractivity contribution is 5.66. The Bertz CT molecular complexity index is 276. The Morgan fingerprint density at radius 2 is 1.25 bits per heavy atom. The van der Waals surface area contributed by atoms with Gasteiger partial charge in [0.2, 0.25) is 0 Å². The lowest BCUT2D eigenvalue weighted by molar-refractivity contribution is -0.137. The summed E-state index contributed by atoms with van der Waals surface area (Å²) in [5, 5.41) is 8.62. The first-order chi connectivity index (χ1) is 11.6. The minimum atomic E-state index is -0.671. The van der Waals surface area contributed by atoms with Crippen LogP contribution < -0.4 is 0 Å². The van der Waals surface area contributed by atoms with E-state index in [0.29, 0.717) is 18.6 Å². The summed E-state index contributed by atoms with van der Waals surface area (Å²) in [5.74, 6) is -0.671. The van der Waals surface area contributed by atoms with Gasteiger partial charge in [-0.05, 0) is 33.1 Å². The summed E-state index contributed by atoms with van der Waals surface area (Å²) in [7, 11) is 0. The minimum Gasteiger partial charge on any atom is -0.481 e. The number of carboxylic acids is 1. The molecule has 0 rings (SSSR count). The van der Waals surface area contributed by atoms with Crippen LogP contribution in [0.1, 0.15) is 117 Å². The van der Waals surface area contributed by atoms with Crippen LogP contribution in [0.5, 0.6) is 0 Å². The number of carbonyl (C=O) groups is 1. The van der Waals surface area contributed by atoms with Gasteiger partial charge >= 0.3 is 5.97 Å². The maximum Gasteiger partial charge on any atom is 0.303 e. The third-order valence-electron chi connectivity index (χ3n) is 4.51. The molecule has 1 unspecified atom stereocenters. The average Bonchev–Trinajstić information content (AvgIpc) is 2.52. The van der Waals surface area contributed by atoms with Crippen molar-refractivity contribution in [3.63, 3.8) is 0 Å². The number of carboxylic acid groups (broad SMARTS) is 1. The largest absolute Gasteiger partial charge is 0.481 e. The van der Waals surface area contributed by atoms with Gasteiger partial charge in [0, 0.05) is 6.42 Å². The van der Waals surface area contributed by atoms with Crippen LogP contribution in [0.2, 0.25) is 0 Å². The molecule has 0 aromatic rings. The highest BCUT2D eigenvalue weighted by Gasteiger charge is 2.10. The second-order valence-corrected chi connectivity index (χ2v) is 7.42. The van der Waals surface area contributed by atoms with Gasteiger partial charge in [-0.1, -0.05) is 77.6 Å². The van der Waals surface area contributed by atoms with Gasteiger partial charge in [-0.3, -0.25) is 4.79 Å². The highest BCUT2D eigenvalue weighted by Crippen LogP contribution is 2.18. The van der Waals surface area contributed by atoms with Gasteiger partial charge in [-0.25, -0.2) is 0 Å². The van der Waals surface area contributed by atoms with Gasteiger partial charge in [0.05, 0.1) is 12.2 Å². The topological polar surface area (TPSA) is 46.5 Å². The van der Waals surface area contributed by atoms with E-state index in [2.05, 4.69) is 20.8 Å². The van der Waals surface area contributed by atoms with Crippen molar-refractivity contribution in [1.82, 2.24) is 0 Å². The monoisotopic (exact) mass is 342 g/mol. The van der Waals surface area contributed by atoms with Crippen molar-refractivity contribution >= 4 is 5.97 Å². The molecule has 0 amide bonds. The van der Waals surface area contributed by atoms with E-state index in [1.54, 1.807) is 0 Å². The number of rotatable bonds is 18. The summed E-state index contributed by atoms with van der Waals surface area (Å²) >= 11 is 0. The lowest BCUT2D eigenvalue weighted by Crippen LogP contribution is -2.18. The number of ether oxygens (including phenoxy) is 1. The Kier molecular flexibility index (Phi) is 16.8.